The molecule has 5 N–H and O–H groups in total. The van der Waals surface area contributed by atoms with Gasteiger partial charge in [-0.1, -0.05) is 112 Å². The number of carbonyl (C=O) groups excluding carboxylic acids is 5. The summed E-state index contributed by atoms with van der Waals surface area (Å²) in [6.07, 6.45) is 32.4. The zero-order valence-electron chi connectivity index (χ0n) is 75.3. The number of anilines is 15. The molecule has 0 saturated heterocycles. The molecular weight excluding hydrogens is 1710 g/mol. The van der Waals surface area contributed by atoms with Crippen LogP contribution in [0.15, 0.2) is 294 Å². The second-order valence-electron chi connectivity index (χ2n) is 27.8. The number of terminal acetylenes is 2. The van der Waals surface area contributed by atoms with E-state index in [1.165, 1.54) is 127 Å². The Morgan fingerprint density at radius 2 is 0.620 bits per heavy atom. The summed E-state index contributed by atoms with van der Waals surface area (Å²) in [4.78, 5) is 108. The molecule has 0 spiro atoms. The highest BCUT2D eigenvalue weighted by atomic mass is 35.5. The first-order valence-corrected chi connectivity index (χ1v) is 39.5. The topological polar surface area (TPSA) is 291 Å². The third-order valence-electron chi connectivity index (χ3n) is 18.5. The highest BCUT2D eigenvalue weighted by Gasteiger charge is 2.22. The van der Waals surface area contributed by atoms with E-state index in [9.17, 15) is 41.5 Å². The van der Waals surface area contributed by atoms with E-state index in [-0.39, 0.29) is 73.3 Å². The minimum Gasteiger partial charge on any atom is -0.342 e. The van der Waals surface area contributed by atoms with Crippen molar-refractivity contribution in [1.29, 1.82) is 0 Å². The molecule has 0 aliphatic rings. The second-order valence-corrected chi connectivity index (χ2v) is 29.0. The van der Waals surface area contributed by atoms with Crippen LogP contribution in [0.4, 0.5) is 103 Å². The second kappa shape index (κ2) is 44.8. The number of nitrogens with zero attached hydrogens (tertiary/aromatic N) is 15. The summed E-state index contributed by atoms with van der Waals surface area (Å²) in [6.45, 7) is 0.507. The smallest absolute Gasteiger partial charge is 0.255 e. The predicted octanol–water partition coefficient (Wildman–Crippen LogP) is 20.9. The number of aromatic nitrogens is 10. The Labute approximate surface area is 764 Å². The number of hydrogen-bond acceptors (Lipinski definition) is 20. The fraction of sp³-hybridized carbons (Fsp3) is 0.0825. The van der Waals surface area contributed by atoms with Gasteiger partial charge < -0.3 is 51.1 Å². The lowest BCUT2D eigenvalue weighted by Gasteiger charge is -2.20. The van der Waals surface area contributed by atoms with Crippen molar-refractivity contribution < 1.29 is 49.8 Å². The lowest BCUT2D eigenvalue weighted by Crippen LogP contribution is -2.16. The molecule has 25 nitrogen and oxygen atoms in total. The predicted molar refractivity (Wildman–Crippen MR) is 500 cm³/mol. The van der Waals surface area contributed by atoms with Crippen molar-refractivity contribution in [2.75, 3.05) is 86.2 Å². The van der Waals surface area contributed by atoms with Crippen molar-refractivity contribution in [3.8, 4) is 24.7 Å². The number of nitrogens with one attached hydrogen (secondary N) is 5. The highest BCUT2D eigenvalue weighted by molar-refractivity contribution is 6.34. The molecule has 0 radical (unpaired) electrons. The van der Waals surface area contributed by atoms with Gasteiger partial charge in [-0.25, -0.2) is 67.4 Å². The first-order valence-electron chi connectivity index (χ1n) is 41.4. The summed E-state index contributed by atoms with van der Waals surface area (Å²) >= 11 is 18.8. The average molecular weight is 1790 g/mol. The molecule has 15 rings (SSSR count). The molecule has 10 aromatic carbocycles. The molecule has 32 heteroatoms. The molecule has 15 aromatic rings. The Hall–Kier alpha value is -16.3. The Kier molecular flexibility index (Phi) is 29.5. The van der Waals surface area contributed by atoms with Gasteiger partial charge in [-0.2, -0.15) is 0 Å². The normalized spacial score (nSPS) is 11.2. The monoisotopic (exact) mass is 1790 g/mol. The summed E-state index contributed by atoms with van der Waals surface area (Å²) in [7, 11) is 5.06. The zero-order valence-corrected chi connectivity index (χ0v) is 71.5. The average Bonchev–Trinajstić information content (AvgIpc) is 0.777. The van der Waals surface area contributed by atoms with Crippen molar-refractivity contribution in [2.24, 2.45) is 0 Å². The maximum Gasteiger partial charge on any atom is 0.255 e. The van der Waals surface area contributed by atoms with Gasteiger partial charge in [-0.05, 0) is 160 Å². The number of hydrogen-bond donors (Lipinski definition) is 5. The molecule has 0 saturated carbocycles. The van der Waals surface area contributed by atoms with Gasteiger partial charge in [-0.15, -0.1) is 12.8 Å². The minimum absolute atomic E-state index is 0.0840. The molecule has 0 aliphatic carbocycles. The van der Waals surface area contributed by atoms with Crippen LogP contribution in [0.5, 0.6) is 0 Å². The van der Waals surface area contributed by atoms with Gasteiger partial charge in [0.15, 0.2) is 0 Å². The minimum atomic E-state index is -2.56. The van der Waals surface area contributed by atoms with Gasteiger partial charge in [0, 0.05) is 122 Å². The van der Waals surface area contributed by atoms with Crippen LogP contribution in [-0.2, 0) is 0 Å². The maximum absolute atomic E-state index is 14.2. The molecule has 0 fully saturated rings. The van der Waals surface area contributed by atoms with Crippen LogP contribution in [0.25, 0.3) is 0 Å². The van der Waals surface area contributed by atoms with Crippen LogP contribution in [0.1, 0.15) is 87.8 Å². The Balaban J connectivity index is 0.000000162. The van der Waals surface area contributed by atoms with Crippen LogP contribution in [0.3, 0.4) is 0 Å². The Morgan fingerprint density at radius 3 is 0.946 bits per heavy atom. The number of aryl methyl sites for hydroxylation is 3. The fourth-order valence-electron chi connectivity index (χ4n) is 11.9. The number of benzene rings is 10. The summed E-state index contributed by atoms with van der Waals surface area (Å²) in [5, 5.41) is 14.2. The molecule has 0 unspecified atom stereocenters. The summed E-state index contributed by atoms with van der Waals surface area (Å²) < 4.78 is 104. The lowest BCUT2D eigenvalue weighted by molar-refractivity contribution is 0.101. The molecule has 5 aromatic heterocycles. The third-order valence-corrected chi connectivity index (χ3v) is 19.4. The molecule has 0 atom stereocenters. The Morgan fingerprint density at radius 1 is 0.318 bits per heavy atom. The van der Waals surface area contributed by atoms with E-state index in [1.54, 1.807) is 154 Å². The van der Waals surface area contributed by atoms with Crippen molar-refractivity contribution in [3.05, 3.63) is 388 Å². The van der Waals surface area contributed by atoms with E-state index >= 15 is 0 Å². The van der Waals surface area contributed by atoms with Crippen molar-refractivity contribution in [1.82, 2.24) is 49.8 Å². The van der Waals surface area contributed by atoms with Crippen LogP contribution in [0.2, 0.25) is 15.1 Å². The first kappa shape index (κ1) is 84.9. The number of rotatable bonds is 20. The standard InChI is InChI=1S/2C20H15ClN4O.C19H17ClN4O.2C19H16F2N4O/c1-3-14-5-4-6-15(7-14)20(26)24-17-8-16(21)9-18(10-17)25(2)19-11-22-13-23-12-19;1-3-14-5-4-6-15(9-14)20(26)24-16-7-8-18(21)19(10-16)25(2)17-11-22-13-23-12-17;1-13-4-3-5-14(8-13)19(25)23-15-6-7-17(20)18(9-15)24(2)16-10-21-12-22-11-16;2*1-12-4-3-5-13(6-12)19(26)24-17-8-18(16(21)7-15(17)20)25(2)14-9-22-11-23-10-14/h2*1,4-13H,2H3,(H,24,26);3-12H,1-2H3,(H,23,25);2*3-11H,1-2H3,(H,24,26)/i;2*2D3;;. The van der Waals surface area contributed by atoms with Crippen molar-refractivity contribution in [3.63, 3.8) is 0 Å². The first-order chi connectivity index (χ1) is 64.5. The molecule has 646 valence electrons. The van der Waals surface area contributed by atoms with Gasteiger partial charge in [0.2, 0.25) is 0 Å². The van der Waals surface area contributed by atoms with E-state index in [0.29, 0.717) is 72.4 Å². The zero-order chi connectivity index (χ0) is 97.2. The maximum atomic E-state index is 14.2. The molecule has 0 bridgehead atoms. The third kappa shape index (κ3) is 25.9. The van der Waals surface area contributed by atoms with Crippen LogP contribution >= 0.6 is 34.8 Å². The summed E-state index contributed by atoms with van der Waals surface area (Å²) in [5.41, 5.74) is 10.9. The quantitative estimate of drug-likeness (QED) is 0.0350. The molecule has 129 heavy (non-hydrogen) atoms. The highest BCUT2D eigenvalue weighted by Crippen LogP contribution is 2.37. The van der Waals surface area contributed by atoms with E-state index in [0.717, 1.165) is 50.0 Å². The SMILES string of the molecule is C#Cc1cccc(C(=O)Nc2cc(Cl)cc(N(C)c3cncnc3)c2)c1.Cc1cccc(C(=O)Nc2cc(N(C)c3cncnc3)c(F)cc2F)c1.Cc1cccc(C(=O)Nc2cc(N(C)c3cncnc3)c(F)cc2F)c1.[2H]C([2H])([2H])N(c1cncnc1)c1cc(NC(=O)c2cccc(C#C)c2)ccc1Cl.[2H]C([2H])([2H])N(c1cncnc1)c1cc(NC(=O)c2cccc(C)c2)ccc1Cl. The molecule has 0 aliphatic heterocycles. The summed E-state index contributed by atoms with van der Waals surface area (Å²) in [6, 6.07) is 52.9. The van der Waals surface area contributed by atoms with Crippen LogP contribution in [-0.4, -0.2) is 114 Å². The fourth-order valence-corrected chi connectivity index (χ4v) is 12.5. The number of halogens is 7. The van der Waals surface area contributed by atoms with Gasteiger partial charge in [-0.3, -0.25) is 24.0 Å². The van der Waals surface area contributed by atoms with Crippen LogP contribution < -0.4 is 51.1 Å². The van der Waals surface area contributed by atoms with Gasteiger partial charge >= 0.3 is 0 Å². The Bertz CT molecular complexity index is 6700. The van der Waals surface area contributed by atoms with E-state index < -0.39 is 49.0 Å². The van der Waals surface area contributed by atoms with E-state index in [4.69, 9.17) is 55.9 Å². The van der Waals surface area contributed by atoms with Gasteiger partial charge in [0.1, 0.15) is 54.9 Å². The van der Waals surface area contributed by atoms with Gasteiger partial charge in [0.05, 0.1) is 135 Å². The lowest BCUT2D eigenvalue weighted by atomic mass is 10.1. The van der Waals surface area contributed by atoms with E-state index in [1.807, 2.05) is 57.0 Å². The number of carbonyl (C=O) groups is 5. The molecule has 5 heterocycles. The van der Waals surface area contributed by atoms with Crippen molar-refractivity contribution in [2.45, 2.75) is 20.8 Å². The largest absolute Gasteiger partial charge is 0.342 e. The van der Waals surface area contributed by atoms with Crippen LogP contribution in [0, 0.1) is 68.7 Å². The van der Waals surface area contributed by atoms with Gasteiger partial charge in [0.25, 0.3) is 29.5 Å². The number of amides is 5. The molecular formula is C97H79Cl3F4N20O5. The van der Waals surface area contributed by atoms with Crippen molar-refractivity contribution >= 4 is 150 Å². The summed E-state index contributed by atoms with van der Waals surface area (Å²) in [5.74, 6) is -0.155. The molecule has 5 amide bonds. The van der Waals surface area contributed by atoms with E-state index in [2.05, 4.69) is 88.3 Å².